The van der Waals surface area contributed by atoms with Crippen LogP contribution in [0.3, 0.4) is 0 Å². The Morgan fingerprint density at radius 2 is 2.06 bits per heavy atom. The van der Waals surface area contributed by atoms with E-state index in [0.717, 1.165) is 0 Å². The van der Waals surface area contributed by atoms with E-state index in [2.05, 4.69) is 5.10 Å². The average Bonchev–Trinajstić information content (AvgIpc) is 2.67. The van der Waals surface area contributed by atoms with Crippen molar-refractivity contribution in [2.45, 2.75) is 20.0 Å². The number of alkyl halides is 3. The van der Waals surface area contributed by atoms with Crippen LogP contribution >= 0.6 is 11.3 Å². The summed E-state index contributed by atoms with van der Waals surface area (Å²) in [6.07, 6.45) is -2.57. The second-order valence-electron chi connectivity index (χ2n) is 4.25. The lowest BCUT2D eigenvalue weighted by molar-refractivity contribution is -0.140. The summed E-state index contributed by atoms with van der Waals surface area (Å²) in [7, 11) is 1.53. The molecular formula is C11H12F3N2S. The fraction of sp³-hybridized carbons (Fsp3) is 0.455. The van der Waals surface area contributed by atoms with Gasteiger partial charge >= 0.3 is 6.18 Å². The van der Waals surface area contributed by atoms with Gasteiger partial charge in [-0.05, 0) is 23.3 Å². The highest BCUT2D eigenvalue weighted by atomic mass is 32.1. The first kappa shape index (κ1) is 12.4. The van der Waals surface area contributed by atoms with Crippen LogP contribution in [0.5, 0.6) is 0 Å². The van der Waals surface area contributed by atoms with E-state index in [9.17, 15) is 13.2 Å². The highest BCUT2D eigenvalue weighted by Crippen LogP contribution is 2.39. The Hall–Kier alpha value is -1.04. The van der Waals surface area contributed by atoms with Crippen LogP contribution in [0.15, 0.2) is 5.38 Å². The maximum absolute atomic E-state index is 12.8. The molecule has 17 heavy (non-hydrogen) atoms. The Bertz CT molecular complexity index is 537. The zero-order valence-electron chi connectivity index (χ0n) is 9.67. The molecule has 0 aliphatic carbocycles. The predicted molar refractivity (Wildman–Crippen MR) is 61.8 cm³/mol. The summed E-state index contributed by atoms with van der Waals surface area (Å²) < 4.78 is 39.8. The Morgan fingerprint density at radius 3 is 2.59 bits per heavy atom. The molecule has 0 atom stereocenters. The van der Waals surface area contributed by atoms with Crippen LogP contribution in [0.25, 0.3) is 10.2 Å². The largest absolute Gasteiger partial charge is 0.435 e. The maximum atomic E-state index is 12.8. The first-order chi connectivity index (χ1) is 7.80. The molecule has 0 bridgehead atoms. The molecule has 0 amide bonds. The molecule has 93 valence electrons. The van der Waals surface area contributed by atoms with Crippen molar-refractivity contribution in [1.29, 1.82) is 0 Å². The number of halogens is 3. The third kappa shape index (κ3) is 2.18. The number of rotatable bonds is 2. The van der Waals surface area contributed by atoms with E-state index < -0.39 is 11.9 Å². The molecule has 0 fully saturated rings. The Balaban J connectivity index is 2.64. The molecule has 2 nitrogen and oxygen atoms in total. The molecule has 2 heterocycles. The fourth-order valence-corrected chi connectivity index (χ4v) is 2.72. The number of fused-ring (bicyclic) bond motifs is 1. The molecule has 0 saturated heterocycles. The van der Waals surface area contributed by atoms with Crippen LogP contribution in [0.2, 0.25) is 0 Å². The molecule has 0 aliphatic heterocycles. The molecule has 0 saturated carbocycles. The van der Waals surface area contributed by atoms with Gasteiger partial charge in [-0.3, -0.25) is 4.68 Å². The second-order valence-corrected chi connectivity index (χ2v) is 5.11. The molecule has 0 unspecified atom stereocenters. The molecule has 6 heteroatoms. The predicted octanol–water partition coefficient (Wildman–Crippen LogP) is 3.86. The number of aromatic nitrogens is 2. The summed E-state index contributed by atoms with van der Waals surface area (Å²) in [5.74, 6) is 0.203. The molecule has 2 aromatic heterocycles. The Morgan fingerprint density at radius 1 is 1.41 bits per heavy atom. The van der Waals surface area contributed by atoms with Crippen LogP contribution < -0.4 is 0 Å². The lowest BCUT2D eigenvalue weighted by atomic mass is 10.0. The molecular weight excluding hydrogens is 249 g/mol. The van der Waals surface area contributed by atoms with Gasteiger partial charge in [0.2, 0.25) is 0 Å². The van der Waals surface area contributed by atoms with E-state index in [4.69, 9.17) is 0 Å². The SMILES string of the molecule is CC(C)[CH]c1csc2c1c(C(F)(F)F)nn2C. The summed E-state index contributed by atoms with van der Waals surface area (Å²) in [4.78, 5) is 0.559. The third-order valence-electron chi connectivity index (χ3n) is 2.36. The number of hydrogen-bond acceptors (Lipinski definition) is 2. The van der Waals surface area contributed by atoms with Gasteiger partial charge in [-0.2, -0.15) is 18.3 Å². The normalized spacial score (nSPS) is 12.9. The van der Waals surface area contributed by atoms with Crippen molar-refractivity contribution in [3.63, 3.8) is 0 Å². The van der Waals surface area contributed by atoms with Crippen molar-refractivity contribution in [2.75, 3.05) is 0 Å². The van der Waals surface area contributed by atoms with Crippen molar-refractivity contribution < 1.29 is 13.2 Å². The quantitative estimate of drug-likeness (QED) is 0.802. The Labute approximate surface area is 101 Å². The highest BCUT2D eigenvalue weighted by Gasteiger charge is 2.38. The van der Waals surface area contributed by atoms with Gasteiger partial charge < -0.3 is 0 Å². The second kappa shape index (κ2) is 4.01. The van der Waals surface area contributed by atoms with Crippen LogP contribution in [-0.2, 0) is 13.2 Å². The van der Waals surface area contributed by atoms with Gasteiger partial charge in [0.05, 0.1) is 0 Å². The smallest absolute Gasteiger partial charge is 0.257 e. The van der Waals surface area contributed by atoms with Crippen LogP contribution in [0.4, 0.5) is 13.2 Å². The zero-order valence-corrected chi connectivity index (χ0v) is 10.5. The topological polar surface area (TPSA) is 17.8 Å². The summed E-state index contributed by atoms with van der Waals surface area (Å²) in [5.41, 5.74) is -0.163. The van der Waals surface area contributed by atoms with Crippen molar-refractivity contribution >= 4 is 21.6 Å². The van der Waals surface area contributed by atoms with Crippen molar-refractivity contribution in [3.05, 3.63) is 23.1 Å². The monoisotopic (exact) mass is 261 g/mol. The van der Waals surface area contributed by atoms with Gasteiger partial charge in [0.25, 0.3) is 0 Å². The van der Waals surface area contributed by atoms with E-state index in [1.165, 1.54) is 23.1 Å². The molecule has 2 aromatic rings. The van der Waals surface area contributed by atoms with E-state index in [0.29, 0.717) is 10.4 Å². The lowest BCUT2D eigenvalue weighted by Gasteiger charge is -2.05. The van der Waals surface area contributed by atoms with Crippen LogP contribution in [-0.4, -0.2) is 9.78 Å². The van der Waals surface area contributed by atoms with E-state index >= 15 is 0 Å². The third-order valence-corrected chi connectivity index (χ3v) is 3.43. The minimum Gasteiger partial charge on any atom is -0.257 e. The molecule has 0 aromatic carbocycles. The van der Waals surface area contributed by atoms with Crippen molar-refractivity contribution in [3.8, 4) is 0 Å². The Kier molecular flexibility index (Phi) is 2.93. The first-order valence-electron chi connectivity index (χ1n) is 5.17. The van der Waals surface area contributed by atoms with Crippen molar-refractivity contribution in [2.24, 2.45) is 13.0 Å². The van der Waals surface area contributed by atoms with Gasteiger partial charge in [0.1, 0.15) is 4.83 Å². The average molecular weight is 261 g/mol. The molecule has 0 N–H and O–H groups in total. The summed E-state index contributed by atoms with van der Waals surface area (Å²) in [5, 5.41) is 5.54. The molecule has 2 rings (SSSR count). The maximum Gasteiger partial charge on any atom is 0.435 e. The summed E-state index contributed by atoms with van der Waals surface area (Å²) in [6, 6.07) is 0. The van der Waals surface area contributed by atoms with Gasteiger partial charge in [-0.1, -0.05) is 13.8 Å². The minimum atomic E-state index is -4.40. The van der Waals surface area contributed by atoms with E-state index in [1.54, 1.807) is 5.38 Å². The first-order valence-corrected chi connectivity index (χ1v) is 6.05. The van der Waals surface area contributed by atoms with E-state index in [-0.39, 0.29) is 11.3 Å². The number of nitrogens with zero attached hydrogens (tertiary/aromatic N) is 2. The molecule has 0 aliphatic rings. The zero-order chi connectivity index (χ0) is 12.8. The van der Waals surface area contributed by atoms with Gasteiger partial charge in [-0.15, -0.1) is 11.3 Å². The summed E-state index contributed by atoms with van der Waals surface area (Å²) in [6.45, 7) is 3.88. The van der Waals surface area contributed by atoms with Gasteiger partial charge in [-0.25, -0.2) is 0 Å². The lowest BCUT2D eigenvalue weighted by Crippen LogP contribution is -2.07. The molecule has 0 spiro atoms. The standard InChI is InChI=1S/C11H12F3N2S/c1-6(2)4-7-5-17-10-8(7)9(11(12,13)14)15-16(10)3/h4-6H,1-3H3. The van der Waals surface area contributed by atoms with Crippen LogP contribution in [0.1, 0.15) is 25.1 Å². The van der Waals surface area contributed by atoms with Gasteiger partial charge in [0, 0.05) is 12.4 Å². The van der Waals surface area contributed by atoms with Gasteiger partial charge in [0.15, 0.2) is 5.69 Å². The fourth-order valence-electron chi connectivity index (χ4n) is 1.76. The highest BCUT2D eigenvalue weighted by molar-refractivity contribution is 7.17. The number of aryl methyl sites for hydroxylation is 1. The summed E-state index contributed by atoms with van der Waals surface area (Å²) >= 11 is 1.29. The minimum absolute atomic E-state index is 0.203. The van der Waals surface area contributed by atoms with Crippen molar-refractivity contribution in [1.82, 2.24) is 9.78 Å². The van der Waals surface area contributed by atoms with Crippen LogP contribution in [0, 0.1) is 12.3 Å². The number of hydrogen-bond donors (Lipinski definition) is 0. The van der Waals surface area contributed by atoms with E-state index in [1.807, 2.05) is 20.3 Å². The molecule has 1 radical (unpaired) electrons. The number of thiophene rings is 1.